The van der Waals surface area contributed by atoms with Gasteiger partial charge in [0.15, 0.2) is 0 Å². The molecule has 0 spiro atoms. The highest BCUT2D eigenvalue weighted by molar-refractivity contribution is 6.00. The molecule has 4 nitrogen and oxygen atoms in total. The number of aromatic amines is 1. The fourth-order valence-electron chi connectivity index (χ4n) is 2.58. The number of amides is 1. The fourth-order valence-corrected chi connectivity index (χ4v) is 2.58. The van der Waals surface area contributed by atoms with Crippen molar-refractivity contribution in [2.24, 2.45) is 0 Å². The van der Waals surface area contributed by atoms with Crippen LogP contribution in [0.2, 0.25) is 0 Å². The maximum absolute atomic E-state index is 12.6. The number of rotatable bonds is 6. The van der Waals surface area contributed by atoms with Crippen LogP contribution in [0.3, 0.4) is 0 Å². The summed E-state index contributed by atoms with van der Waals surface area (Å²) in [6.07, 6.45) is -9.57. The quantitative estimate of drug-likeness (QED) is 0.535. The van der Waals surface area contributed by atoms with E-state index in [-0.39, 0.29) is 17.9 Å². The van der Waals surface area contributed by atoms with E-state index in [1.54, 1.807) is 0 Å². The number of halogens is 6. The summed E-state index contributed by atoms with van der Waals surface area (Å²) in [7, 11) is 0. The Morgan fingerprint density at radius 2 is 1.66 bits per heavy atom. The van der Waals surface area contributed by atoms with E-state index in [4.69, 9.17) is 0 Å². The molecule has 156 valence electrons. The summed E-state index contributed by atoms with van der Waals surface area (Å²) in [5.41, 5.74) is -1.33. The van der Waals surface area contributed by atoms with Gasteiger partial charge in [0.1, 0.15) is 5.69 Å². The van der Waals surface area contributed by atoms with Gasteiger partial charge in [-0.05, 0) is 42.3 Å². The van der Waals surface area contributed by atoms with Gasteiger partial charge in [-0.25, -0.2) is 0 Å². The van der Waals surface area contributed by atoms with Crippen molar-refractivity contribution in [3.63, 3.8) is 0 Å². The minimum Gasteiger partial charge on any atom is -0.320 e. The Labute approximate surface area is 161 Å². The van der Waals surface area contributed by atoms with Crippen LogP contribution in [-0.4, -0.2) is 23.6 Å². The molecule has 0 saturated carbocycles. The van der Waals surface area contributed by atoms with Crippen LogP contribution >= 0.6 is 0 Å². The number of nitrogens with zero attached hydrogens (tertiary/aromatic N) is 1. The van der Waals surface area contributed by atoms with Crippen molar-refractivity contribution >= 4 is 11.6 Å². The Morgan fingerprint density at radius 1 is 1.03 bits per heavy atom. The third-order valence-electron chi connectivity index (χ3n) is 3.99. The molecular formula is C19H16F6N2O2. The molecule has 1 aromatic carbocycles. The molecule has 0 atom stereocenters. The number of alkyl halides is 6. The third kappa shape index (κ3) is 5.97. The molecular weight excluding hydrogens is 402 g/mol. The average Bonchev–Trinajstić information content (AvgIpc) is 2.63. The number of carbonyl (C=O) groups excluding carboxylic acids is 1. The molecule has 1 heterocycles. The lowest BCUT2D eigenvalue weighted by Gasteiger charge is -2.21. The molecule has 10 heteroatoms. The predicted molar refractivity (Wildman–Crippen MR) is 95.3 cm³/mol. The molecule has 0 radical (unpaired) electrons. The lowest BCUT2D eigenvalue weighted by molar-refractivity contribution is -0.137. The highest BCUT2D eigenvalue weighted by atomic mass is 19.4. The van der Waals surface area contributed by atoms with Gasteiger partial charge in [-0.1, -0.05) is 18.7 Å². The van der Waals surface area contributed by atoms with E-state index in [1.807, 2.05) is 0 Å². The van der Waals surface area contributed by atoms with E-state index in [1.165, 1.54) is 24.3 Å². The Balaban J connectivity index is 2.28. The summed E-state index contributed by atoms with van der Waals surface area (Å²) in [6.45, 7) is 2.92. The maximum atomic E-state index is 12.6. The van der Waals surface area contributed by atoms with Gasteiger partial charge in [0.2, 0.25) is 0 Å². The minimum atomic E-state index is -4.50. The number of pyridine rings is 1. The van der Waals surface area contributed by atoms with Gasteiger partial charge in [-0.2, -0.15) is 26.3 Å². The first-order valence-corrected chi connectivity index (χ1v) is 8.34. The van der Waals surface area contributed by atoms with Crippen molar-refractivity contribution in [2.75, 3.05) is 11.4 Å². The van der Waals surface area contributed by atoms with Gasteiger partial charge in [0, 0.05) is 18.7 Å². The zero-order valence-corrected chi connectivity index (χ0v) is 14.9. The zero-order chi connectivity index (χ0) is 21.8. The molecule has 1 amide bonds. The van der Waals surface area contributed by atoms with Crippen LogP contribution in [-0.2, 0) is 11.0 Å². The summed E-state index contributed by atoms with van der Waals surface area (Å²) in [5.74, 6) is -0.750. The van der Waals surface area contributed by atoms with Crippen LogP contribution in [0.15, 0.2) is 53.8 Å². The smallest absolute Gasteiger partial charge is 0.320 e. The van der Waals surface area contributed by atoms with E-state index in [0.29, 0.717) is 5.56 Å². The molecule has 1 aromatic heterocycles. The molecule has 0 aliphatic rings. The first-order valence-electron chi connectivity index (χ1n) is 8.34. The Hall–Kier alpha value is -3.04. The largest absolute Gasteiger partial charge is 0.416 e. The number of H-pyrrole nitrogens is 1. The lowest BCUT2D eigenvalue weighted by atomic mass is 10.1. The number of hydrogen-bond donors (Lipinski definition) is 1. The molecule has 0 saturated heterocycles. The third-order valence-corrected chi connectivity index (χ3v) is 3.99. The van der Waals surface area contributed by atoms with Crippen LogP contribution in [0.5, 0.6) is 0 Å². The van der Waals surface area contributed by atoms with Crippen molar-refractivity contribution in [2.45, 2.75) is 25.2 Å². The van der Waals surface area contributed by atoms with E-state index in [9.17, 15) is 35.9 Å². The molecule has 29 heavy (non-hydrogen) atoms. The summed E-state index contributed by atoms with van der Waals surface area (Å²) < 4.78 is 75.0. The molecule has 0 bridgehead atoms. The zero-order valence-electron chi connectivity index (χ0n) is 14.9. The normalized spacial score (nSPS) is 11.9. The molecule has 0 aliphatic heterocycles. The van der Waals surface area contributed by atoms with Gasteiger partial charge in [-0.3, -0.25) is 9.59 Å². The number of anilines is 1. The molecule has 0 unspecified atom stereocenters. The van der Waals surface area contributed by atoms with Crippen LogP contribution < -0.4 is 10.5 Å². The standard InChI is InChI=1S/C19H16F6N2O2/c1-2-16(28)27(11-3-10-18(20,21)22)15-9-8-14(26-17(15)29)12-4-6-13(7-5-12)19(23,24)25/h2,4-9H,1,3,10-11H2,(H,26,29). The van der Waals surface area contributed by atoms with E-state index in [0.717, 1.165) is 23.1 Å². The predicted octanol–water partition coefficient (Wildman–Crippen LogP) is 4.92. The highest BCUT2D eigenvalue weighted by Crippen LogP contribution is 2.30. The second kappa shape index (κ2) is 8.54. The van der Waals surface area contributed by atoms with Crippen molar-refractivity contribution in [1.82, 2.24) is 4.98 Å². The first kappa shape index (κ1) is 22.3. The van der Waals surface area contributed by atoms with Gasteiger partial charge in [0.25, 0.3) is 11.5 Å². The maximum Gasteiger partial charge on any atom is 0.416 e. The lowest BCUT2D eigenvalue weighted by Crippen LogP contribution is -2.35. The Kier molecular flexibility index (Phi) is 6.55. The Morgan fingerprint density at radius 3 is 2.14 bits per heavy atom. The Bertz CT molecular complexity index is 929. The van der Waals surface area contributed by atoms with Crippen LogP contribution in [0.25, 0.3) is 11.3 Å². The number of benzene rings is 1. The summed E-state index contributed by atoms with van der Waals surface area (Å²) in [6, 6.07) is 6.62. The van der Waals surface area contributed by atoms with Crippen molar-refractivity contribution in [3.8, 4) is 11.3 Å². The first-order chi connectivity index (χ1) is 13.4. The summed E-state index contributed by atoms with van der Waals surface area (Å²) in [5, 5.41) is 0. The van der Waals surface area contributed by atoms with Crippen molar-refractivity contribution in [3.05, 3.63) is 65.0 Å². The monoisotopic (exact) mass is 418 g/mol. The van der Waals surface area contributed by atoms with E-state index >= 15 is 0 Å². The van der Waals surface area contributed by atoms with Gasteiger partial charge >= 0.3 is 12.4 Å². The van der Waals surface area contributed by atoms with Crippen molar-refractivity contribution in [1.29, 1.82) is 0 Å². The van der Waals surface area contributed by atoms with E-state index < -0.39 is 42.2 Å². The van der Waals surface area contributed by atoms with E-state index in [2.05, 4.69) is 11.6 Å². The van der Waals surface area contributed by atoms with Crippen LogP contribution in [0, 0.1) is 0 Å². The van der Waals surface area contributed by atoms with Gasteiger partial charge < -0.3 is 9.88 Å². The molecule has 2 rings (SSSR count). The average molecular weight is 418 g/mol. The highest BCUT2D eigenvalue weighted by Gasteiger charge is 2.30. The number of hydrogen-bond acceptors (Lipinski definition) is 2. The minimum absolute atomic E-state index is 0.187. The SMILES string of the molecule is C=CC(=O)N(CCCC(F)(F)F)c1ccc(-c2ccc(C(F)(F)F)cc2)[nH]c1=O. The van der Waals surface area contributed by atoms with Crippen LogP contribution in [0.4, 0.5) is 32.0 Å². The summed E-state index contributed by atoms with van der Waals surface area (Å²) in [4.78, 5) is 27.6. The molecule has 1 N–H and O–H groups in total. The number of carbonyl (C=O) groups is 1. The topological polar surface area (TPSA) is 53.2 Å². The number of aromatic nitrogens is 1. The van der Waals surface area contributed by atoms with Crippen molar-refractivity contribution < 1.29 is 31.1 Å². The molecule has 0 fully saturated rings. The second-order valence-corrected chi connectivity index (χ2v) is 6.07. The fraction of sp³-hybridized carbons (Fsp3) is 0.263. The second-order valence-electron chi connectivity index (χ2n) is 6.07. The number of nitrogens with one attached hydrogen (secondary N) is 1. The van der Waals surface area contributed by atoms with Gasteiger partial charge in [-0.15, -0.1) is 0 Å². The van der Waals surface area contributed by atoms with Crippen LogP contribution in [0.1, 0.15) is 18.4 Å². The molecule has 2 aromatic rings. The molecule has 0 aliphatic carbocycles. The summed E-state index contributed by atoms with van der Waals surface area (Å²) >= 11 is 0. The van der Waals surface area contributed by atoms with Gasteiger partial charge in [0.05, 0.1) is 5.56 Å².